The van der Waals surface area contributed by atoms with E-state index >= 15 is 0 Å². The van der Waals surface area contributed by atoms with Crippen LogP contribution in [0.4, 0.5) is 0 Å². The smallest absolute Gasteiger partial charge is 0.164 e. The van der Waals surface area contributed by atoms with Gasteiger partial charge in [0, 0.05) is 22.7 Å². The van der Waals surface area contributed by atoms with Gasteiger partial charge in [0.15, 0.2) is 17.5 Å². The van der Waals surface area contributed by atoms with E-state index in [0.717, 1.165) is 75.4 Å². The number of aryl methyl sites for hydroxylation is 1. The summed E-state index contributed by atoms with van der Waals surface area (Å²) >= 11 is 0. The minimum atomic E-state index is 0.697. The number of pyridine rings is 1. The number of para-hydroxylation sites is 1. The maximum atomic E-state index is 5.33. The summed E-state index contributed by atoms with van der Waals surface area (Å²) in [5.41, 5.74) is 9.28. The molecule has 0 fully saturated rings. The zero-order chi connectivity index (χ0) is 33.0. The number of rotatable bonds is 4. The van der Waals surface area contributed by atoms with E-state index in [1.165, 1.54) is 38.2 Å². The molecule has 0 N–H and O–H groups in total. The fourth-order valence-corrected chi connectivity index (χ4v) is 7.79. The number of benzene rings is 6. The molecule has 0 saturated heterocycles. The standard InChI is InChI=1S/C46H32N4/c1-4-14-35-31(11-1)26-41(39-18-8-6-16-37(35)39)45-48-44(30-23-21-29(22-24-30)34-25-33-13-3-10-20-43(33)47-28-34)49-46(50-45)42-27-32-12-2-5-15-36(32)38-17-7-9-19-40(38)42/h1,3-11,13-21,23,25-28H,2,12,22,24H2. The number of fused-ring (bicyclic) bond motifs is 7. The van der Waals surface area contributed by atoms with Crippen molar-refractivity contribution in [1.29, 1.82) is 0 Å². The van der Waals surface area contributed by atoms with Crippen LogP contribution in [0.2, 0.25) is 0 Å². The average Bonchev–Trinajstić information content (AvgIpc) is 3.20. The molecule has 4 heteroatoms. The van der Waals surface area contributed by atoms with Crippen molar-refractivity contribution in [3.63, 3.8) is 0 Å². The zero-order valence-electron chi connectivity index (χ0n) is 27.5. The first-order chi connectivity index (χ1) is 24.8. The summed E-state index contributed by atoms with van der Waals surface area (Å²) in [6.07, 6.45) is 14.7. The number of allylic oxidation sites excluding steroid dienone is 5. The Hall–Kier alpha value is -6.26. The van der Waals surface area contributed by atoms with Gasteiger partial charge in [-0.2, -0.15) is 0 Å². The van der Waals surface area contributed by atoms with Crippen LogP contribution in [0, 0.1) is 0 Å². The van der Waals surface area contributed by atoms with E-state index in [2.05, 4.69) is 133 Å². The van der Waals surface area contributed by atoms with Gasteiger partial charge in [-0.05, 0) is 110 Å². The van der Waals surface area contributed by atoms with Gasteiger partial charge in [-0.1, -0.05) is 115 Å². The Kier molecular flexibility index (Phi) is 6.73. The predicted octanol–water partition coefficient (Wildman–Crippen LogP) is 11.4. The van der Waals surface area contributed by atoms with E-state index in [1.54, 1.807) is 0 Å². The summed E-state index contributed by atoms with van der Waals surface area (Å²) in [5, 5.41) is 8.29. The summed E-state index contributed by atoms with van der Waals surface area (Å²) in [6.45, 7) is 0. The highest BCUT2D eigenvalue weighted by molar-refractivity contribution is 6.13. The number of hydrogen-bond acceptors (Lipinski definition) is 4. The topological polar surface area (TPSA) is 51.6 Å². The van der Waals surface area contributed by atoms with Crippen molar-refractivity contribution in [1.82, 2.24) is 19.9 Å². The molecule has 0 unspecified atom stereocenters. The Morgan fingerprint density at radius 3 is 1.90 bits per heavy atom. The lowest BCUT2D eigenvalue weighted by atomic mass is 9.89. The fraction of sp³-hybridized carbons (Fsp3) is 0.0870. The molecule has 2 aliphatic carbocycles. The van der Waals surface area contributed by atoms with Crippen LogP contribution in [0.25, 0.3) is 83.2 Å². The normalized spacial score (nSPS) is 14.2. The minimum Gasteiger partial charge on any atom is -0.256 e. The lowest BCUT2D eigenvalue weighted by Crippen LogP contribution is -2.06. The van der Waals surface area contributed by atoms with Crippen molar-refractivity contribution >= 4 is 60.4 Å². The molecule has 0 bridgehead atoms. The molecule has 50 heavy (non-hydrogen) atoms. The molecular formula is C46H32N4. The van der Waals surface area contributed by atoms with Crippen LogP contribution in [-0.2, 0) is 6.42 Å². The molecule has 6 aromatic carbocycles. The Balaban J connectivity index is 1.19. The maximum Gasteiger partial charge on any atom is 0.164 e. The van der Waals surface area contributed by atoms with E-state index in [1.807, 2.05) is 12.3 Å². The second-order valence-electron chi connectivity index (χ2n) is 13.3. The number of hydrogen-bond donors (Lipinski definition) is 0. The quantitative estimate of drug-likeness (QED) is 0.180. The average molecular weight is 641 g/mol. The van der Waals surface area contributed by atoms with Gasteiger partial charge in [-0.15, -0.1) is 0 Å². The molecule has 0 radical (unpaired) electrons. The van der Waals surface area contributed by atoms with Crippen molar-refractivity contribution in [2.75, 3.05) is 0 Å². The van der Waals surface area contributed by atoms with Crippen LogP contribution in [0.5, 0.6) is 0 Å². The first-order valence-electron chi connectivity index (χ1n) is 17.4. The van der Waals surface area contributed by atoms with Gasteiger partial charge in [0.25, 0.3) is 0 Å². The Labute approximate surface area is 290 Å². The molecule has 0 amide bonds. The third-order valence-corrected chi connectivity index (χ3v) is 10.3. The lowest BCUT2D eigenvalue weighted by Gasteiger charge is -2.19. The monoisotopic (exact) mass is 640 g/mol. The largest absolute Gasteiger partial charge is 0.256 e. The summed E-state index contributed by atoms with van der Waals surface area (Å²) < 4.78 is 0. The van der Waals surface area contributed by atoms with Crippen LogP contribution in [0.15, 0.2) is 140 Å². The Bertz CT molecular complexity index is 2770. The highest BCUT2D eigenvalue weighted by Gasteiger charge is 2.21. The van der Waals surface area contributed by atoms with Crippen molar-refractivity contribution in [3.8, 4) is 22.8 Å². The SMILES string of the molecule is C1=Cc2c(cc(-c3nc(C4=CC=C(c5cnc6ccccc6c5)CC4)nc(-c4cc5ccccc5c5ccccc45)n3)c3ccccc23)CC1. The van der Waals surface area contributed by atoms with Crippen LogP contribution in [0.3, 0.4) is 0 Å². The Morgan fingerprint density at radius 2 is 1.10 bits per heavy atom. The highest BCUT2D eigenvalue weighted by Crippen LogP contribution is 2.39. The van der Waals surface area contributed by atoms with Crippen LogP contribution >= 0.6 is 0 Å². The van der Waals surface area contributed by atoms with Crippen molar-refractivity contribution in [3.05, 3.63) is 162 Å². The fourth-order valence-electron chi connectivity index (χ4n) is 7.79. The van der Waals surface area contributed by atoms with Crippen LogP contribution in [0.1, 0.15) is 41.8 Å². The summed E-state index contributed by atoms with van der Waals surface area (Å²) in [6, 6.07) is 40.9. The molecule has 2 aliphatic rings. The molecule has 2 aromatic heterocycles. The third kappa shape index (κ3) is 4.83. The maximum absolute atomic E-state index is 5.33. The number of aromatic nitrogens is 4. The second kappa shape index (κ2) is 11.7. The molecule has 0 atom stereocenters. The predicted molar refractivity (Wildman–Crippen MR) is 208 cm³/mol. The molecule has 0 spiro atoms. The van der Waals surface area contributed by atoms with Gasteiger partial charge in [-0.3, -0.25) is 4.98 Å². The molecular weight excluding hydrogens is 609 g/mol. The van der Waals surface area contributed by atoms with Crippen molar-refractivity contribution in [2.45, 2.75) is 25.7 Å². The summed E-state index contributed by atoms with van der Waals surface area (Å²) in [4.78, 5) is 20.6. The highest BCUT2D eigenvalue weighted by atomic mass is 15.0. The van der Waals surface area contributed by atoms with Gasteiger partial charge in [0.2, 0.25) is 0 Å². The van der Waals surface area contributed by atoms with E-state index in [-0.39, 0.29) is 0 Å². The molecule has 8 aromatic rings. The Morgan fingerprint density at radius 1 is 0.480 bits per heavy atom. The van der Waals surface area contributed by atoms with Crippen LogP contribution in [-0.4, -0.2) is 19.9 Å². The van der Waals surface area contributed by atoms with Crippen LogP contribution < -0.4 is 0 Å². The van der Waals surface area contributed by atoms with Gasteiger partial charge in [0.05, 0.1) is 5.52 Å². The van der Waals surface area contributed by atoms with E-state index in [4.69, 9.17) is 19.9 Å². The first kappa shape index (κ1) is 28.7. The number of nitrogens with zero attached hydrogens (tertiary/aromatic N) is 4. The third-order valence-electron chi connectivity index (χ3n) is 10.3. The molecule has 0 saturated carbocycles. The van der Waals surface area contributed by atoms with Gasteiger partial charge in [0.1, 0.15) is 0 Å². The van der Waals surface area contributed by atoms with Crippen molar-refractivity contribution < 1.29 is 0 Å². The lowest BCUT2D eigenvalue weighted by molar-refractivity contribution is 0.978. The molecule has 4 nitrogen and oxygen atoms in total. The first-order valence-corrected chi connectivity index (χ1v) is 17.4. The molecule has 10 rings (SSSR count). The molecule has 2 heterocycles. The summed E-state index contributed by atoms with van der Waals surface area (Å²) in [7, 11) is 0. The summed E-state index contributed by atoms with van der Waals surface area (Å²) in [5.74, 6) is 2.14. The van der Waals surface area contributed by atoms with Crippen molar-refractivity contribution in [2.24, 2.45) is 0 Å². The van der Waals surface area contributed by atoms with E-state index < -0.39 is 0 Å². The second-order valence-corrected chi connectivity index (χ2v) is 13.3. The minimum absolute atomic E-state index is 0.697. The van der Waals surface area contributed by atoms with Gasteiger partial charge in [-0.25, -0.2) is 15.0 Å². The molecule has 0 aliphatic heterocycles. The zero-order valence-corrected chi connectivity index (χ0v) is 27.5. The van der Waals surface area contributed by atoms with Gasteiger partial charge < -0.3 is 0 Å². The van der Waals surface area contributed by atoms with Gasteiger partial charge >= 0.3 is 0 Å². The van der Waals surface area contributed by atoms with E-state index in [0.29, 0.717) is 11.6 Å². The molecule has 236 valence electrons. The van der Waals surface area contributed by atoms with E-state index in [9.17, 15) is 0 Å².